The summed E-state index contributed by atoms with van der Waals surface area (Å²) in [7, 11) is 0. The number of aromatic amines is 1. The molecule has 0 aliphatic carbocycles. The van der Waals surface area contributed by atoms with E-state index in [0.717, 1.165) is 16.7 Å². The van der Waals surface area contributed by atoms with Gasteiger partial charge in [-0.1, -0.05) is 54.6 Å². The Bertz CT molecular complexity index is 1030. The van der Waals surface area contributed by atoms with Gasteiger partial charge in [-0.3, -0.25) is 9.59 Å². The zero-order chi connectivity index (χ0) is 24.9. The van der Waals surface area contributed by atoms with Crippen LogP contribution < -0.4 is 5.32 Å². The minimum Gasteiger partial charge on any atom is -0.466 e. The lowest BCUT2D eigenvalue weighted by atomic mass is 9.94. The first-order valence-electron chi connectivity index (χ1n) is 11.8. The van der Waals surface area contributed by atoms with E-state index in [4.69, 9.17) is 14.6 Å². The summed E-state index contributed by atoms with van der Waals surface area (Å²) in [4.78, 5) is 25.3. The van der Waals surface area contributed by atoms with Gasteiger partial charge in [0.05, 0.1) is 25.3 Å². The molecule has 186 valence electrons. The Labute approximate surface area is 204 Å². The van der Waals surface area contributed by atoms with Gasteiger partial charge in [-0.05, 0) is 42.9 Å². The molecule has 0 saturated carbocycles. The smallest absolute Gasteiger partial charge is 0.311 e. The lowest BCUT2D eigenvalue weighted by molar-refractivity contribution is -0.150. The number of nitrogens with zero attached hydrogens (tertiary/aromatic N) is 2. The van der Waals surface area contributed by atoms with Crippen LogP contribution in [0.25, 0.3) is 11.1 Å². The average molecular weight is 481 g/mol. The van der Waals surface area contributed by atoms with Gasteiger partial charge in [-0.25, -0.2) is 0 Å². The molecule has 3 aromatic rings. The molecule has 0 aliphatic rings. The van der Waals surface area contributed by atoms with E-state index in [2.05, 4.69) is 32.9 Å². The molecule has 0 saturated heterocycles. The zero-order valence-electron chi connectivity index (χ0n) is 19.9. The molecule has 0 aliphatic heterocycles. The molecule has 3 rings (SSSR count). The highest BCUT2D eigenvalue weighted by atomic mass is 16.5. The van der Waals surface area contributed by atoms with Crippen LogP contribution >= 0.6 is 0 Å². The number of hydrogen-bond donors (Lipinski definition) is 3. The average Bonchev–Trinajstić information content (AvgIpc) is 3.42. The maximum Gasteiger partial charge on any atom is 0.311 e. The first-order chi connectivity index (χ1) is 17.1. The second kappa shape index (κ2) is 14.0. The Hall–Kier alpha value is -3.56. The minimum atomic E-state index is -0.570. The third-order valence-corrected chi connectivity index (χ3v) is 5.48. The number of rotatable bonds is 14. The number of benzene rings is 2. The molecule has 1 amide bonds. The van der Waals surface area contributed by atoms with Crippen molar-refractivity contribution in [2.45, 2.75) is 32.2 Å². The van der Waals surface area contributed by atoms with Gasteiger partial charge in [0.1, 0.15) is 0 Å². The van der Waals surface area contributed by atoms with Crippen LogP contribution in [0.4, 0.5) is 0 Å². The first kappa shape index (κ1) is 26.1. The standard InChI is InChI=1S/C26H32N4O5/c1-2-35-26(33)22(18-34-14-6-13-31)16-23(28-25(32)24-17-27-30-29-24)15-19-9-11-21(12-10-19)20-7-4-3-5-8-20/h3-5,7-12,17,22-23,31H,2,6,13-16,18H2,1H3,(H,28,32)(H,27,29,30)/t22-,23+/m0/s1. The third-order valence-electron chi connectivity index (χ3n) is 5.48. The molecule has 0 radical (unpaired) electrons. The van der Waals surface area contributed by atoms with Gasteiger partial charge in [-0.2, -0.15) is 15.4 Å². The molecule has 1 aromatic heterocycles. The number of aromatic nitrogens is 3. The molecule has 9 heteroatoms. The van der Waals surface area contributed by atoms with Gasteiger partial charge in [0.25, 0.3) is 5.91 Å². The Balaban J connectivity index is 1.75. The Morgan fingerprint density at radius 1 is 1.09 bits per heavy atom. The number of ether oxygens (including phenoxy) is 2. The lowest BCUT2D eigenvalue weighted by Crippen LogP contribution is -2.40. The van der Waals surface area contributed by atoms with E-state index >= 15 is 0 Å². The van der Waals surface area contributed by atoms with Crippen LogP contribution in [0, 0.1) is 5.92 Å². The molecule has 35 heavy (non-hydrogen) atoms. The first-order valence-corrected chi connectivity index (χ1v) is 11.8. The van der Waals surface area contributed by atoms with Crippen LogP contribution in [0.15, 0.2) is 60.8 Å². The molecule has 3 N–H and O–H groups in total. The Morgan fingerprint density at radius 2 is 1.83 bits per heavy atom. The van der Waals surface area contributed by atoms with E-state index < -0.39 is 5.92 Å². The number of aliphatic hydroxyl groups excluding tert-OH is 1. The fraction of sp³-hybridized carbons (Fsp3) is 0.385. The summed E-state index contributed by atoms with van der Waals surface area (Å²) >= 11 is 0. The van der Waals surface area contributed by atoms with Crippen molar-refractivity contribution in [1.82, 2.24) is 20.7 Å². The number of hydrogen-bond acceptors (Lipinski definition) is 7. The van der Waals surface area contributed by atoms with Crippen molar-refractivity contribution in [3.63, 3.8) is 0 Å². The highest BCUT2D eigenvalue weighted by Crippen LogP contribution is 2.21. The van der Waals surface area contributed by atoms with Crippen LogP contribution in [-0.2, 0) is 20.7 Å². The quantitative estimate of drug-likeness (QED) is 0.239. The molecule has 0 fully saturated rings. The minimum absolute atomic E-state index is 0.0133. The normalized spacial score (nSPS) is 12.6. The Morgan fingerprint density at radius 3 is 2.49 bits per heavy atom. The van der Waals surface area contributed by atoms with Gasteiger partial charge in [0, 0.05) is 19.3 Å². The zero-order valence-corrected chi connectivity index (χ0v) is 19.9. The van der Waals surface area contributed by atoms with Gasteiger partial charge in [-0.15, -0.1) is 0 Å². The molecule has 0 spiro atoms. The number of H-pyrrole nitrogens is 1. The van der Waals surface area contributed by atoms with E-state index in [9.17, 15) is 9.59 Å². The second-order valence-corrected chi connectivity index (χ2v) is 8.13. The third kappa shape index (κ3) is 8.31. The van der Waals surface area contributed by atoms with Gasteiger partial charge in [0.2, 0.25) is 0 Å². The van der Waals surface area contributed by atoms with E-state index in [1.165, 1.54) is 6.20 Å². The molecule has 1 heterocycles. The maximum atomic E-state index is 12.7. The molecular formula is C26H32N4O5. The SMILES string of the molecule is CCOC(=O)[C@H](COCCCO)C[C@@H](Cc1ccc(-c2ccccc2)cc1)NC(=O)c1cn[nH]n1. The van der Waals surface area contributed by atoms with Crippen molar-refractivity contribution in [1.29, 1.82) is 0 Å². The van der Waals surface area contributed by atoms with E-state index in [-0.39, 0.29) is 43.4 Å². The van der Waals surface area contributed by atoms with Crippen LogP contribution in [0.3, 0.4) is 0 Å². The van der Waals surface area contributed by atoms with Crippen molar-refractivity contribution in [3.05, 3.63) is 72.1 Å². The molecule has 0 bridgehead atoms. The van der Waals surface area contributed by atoms with Crippen LogP contribution in [0.1, 0.15) is 35.8 Å². The lowest BCUT2D eigenvalue weighted by Gasteiger charge is -2.23. The summed E-state index contributed by atoms with van der Waals surface area (Å²) in [5, 5.41) is 21.9. The molecule has 2 atom stereocenters. The number of esters is 1. The number of aliphatic hydroxyl groups is 1. The summed E-state index contributed by atoms with van der Waals surface area (Å²) in [6, 6.07) is 17.8. The summed E-state index contributed by atoms with van der Waals surface area (Å²) in [6.45, 7) is 2.49. The van der Waals surface area contributed by atoms with Gasteiger partial charge >= 0.3 is 5.97 Å². The maximum absolute atomic E-state index is 12.7. The summed E-state index contributed by atoms with van der Waals surface area (Å²) in [6.07, 6.45) is 2.66. The van der Waals surface area contributed by atoms with Gasteiger partial charge < -0.3 is 19.9 Å². The number of nitrogens with one attached hydrogen (secondary N) is 2. The van der Waals surface area contributed by atoms with Crippen molar-refractivity contribution in [2.24, 2.45) is 5.92 Å². The van der Waals surface area contributed by atoms with Crippen molar-refractivity contribution < 1.29 is 24.2 Å². The predicted octanol–water partition coefficient (Wildman–Crippen LogP) is 2.78. The second-order valence-electron chi connectivity index (χ2n) is 8.13. The van der Waals surface area contributed by atoms with Crippen LogP contribution in [0.5, 0.6) is 0 Å². The molecule has 0 unspecified atom stereocenters. The van der Waals surface area contributed by atoms with Crippen molar-refractivity contribution >= 4 is 11.9 Å². The molecule has 2 aromatic carbocycles. The fourth-order valence-electron chi connectivity index (χ4n) is 3.74. The highest BCUT2D eigenvalue weighted by molar-refractivity contribution is 5.92. The van der Waals surface area contributed by atoms with Gasteiger partial charge in [0.15, 0.2) is 5.69 Å². The topological polar surface area (TPSA) is 126 Å². The summed E-state index contributed by atoms with van der Waals surface area (Å²) < 4.78 is 10.8. The summed E-state index contributed by atoms with van der Waals surface area (Å²) in [5.74, 6) is -1.33. The largest absolute Gasteiger partial charge is 0.466 e. The Kier molecular flexibility index (Phi) is 10.4. The number of carbonyl (C=O) groups excluding carboxylic acids is 2. The highest BCUT2D eigenvalue weighted by Gasteiger charge is 2.27. The fourth-order valence-corrected chi connectivity index (χ4v) is 3.74. The van der Waals surface area contributed by atoms with E-state index in [1.54, 1.807) is 6.92 Å². The monoisotopic (exact) mass is 480 g/mol. The van der Waals surface area contributed by atoms with Crippen LogP contribution in [0.2, 0.25) is 0 Å². The van der Waals surface area contributed by atoms with E-state index in [1.807, 2.05) is 42.5 Å². The van der Waals surface area contributed by atoms with Crippen LogP contribution in [-0.4, -0.2) is 64.9 Å². The van der Waals surface area contributed by atoms with Crippen molar-refractivity contribution in [3.8, 4) is 11.1 Å². The predicted molar refractivity (Wildman–Crippen MR) is 130 cm³/mol. The van der Waals surface area contributed by atoms with Crippen molar-refractivity contribution in [2.75, 3.05) is 26.4 Å². The molecule has 9 nitrogen and oxygen atoms in total. The van der Waals surface area contributed by atoms with E-state index in [0.29, 0.717) is 25.9 Å². The number of amides is 1. The molecular weight excluding hydrogens is 448 g/mol. The number of carbonyl (C=O) groups is 2. The summed E-state index contributed by atoms with van der Waals surface area (Å²) in [5.41, 5.74) is 3.40.